The summed E-state index contributed by atoms with van der Waals surface area (Å²) < 4.78 is 33.4. The van der Waals surface area contributed by atoms with Crippen molar-refractivity contribution in [2.75, 3.05) is 13.2 Å². The molecule has 0 amide bonds. The molecule has 2 saturated carbocycles. The summed E-state index contributed by atoms with van der Waals surface area (Å²) in [5, 5.41) is 19.3. The van der Waals surface area contributed by atoms with Crippen molar-refractivity contribution in [1.29, 1.82) is 0 Å². The van der Waals surface area contributed by atoms with Crippen molar-refractivity contribution in [2.24, 2.45) is 11.8 Å². The Morgan fingerprint density at radius 2 is 1.96 bits per heavy atom. The molecule has 3 aliphatic rings. The van der Waals surface area contributed by atoms with Gasteiger partial charge < -0.3 is 9.84 Å². The summed E-state index contributed by atoms with van der Waals surface area (Å²) in [6, 6.07) is 3.51. The second-order valence-corrected chi connectivity index (χ2v) is 10.5. The van der Waals surface area contributed by atoms with Gasteiger partial charge in [-0.25, -0.2) is 13.1 Å². The number of aromatic nitrogens is 2. The SMILES string of the molecule is O=S(=O)(N[C@H]1[C@@H]2C[C@@](O)(c3cc(Cl)cc4[nH]ncc34)C[C@@H]21)C1CCOCC1. The molecule has 4 atom stereocenters. The quantitative estimate of drug-likeness (QED) is 0.712. The van der Waals surface area contributed by atoms with Gasteiger partial charge in [-0.2, -0.15) is 5.10 Å². The molecule has 1 aliphatic heterocycles. The van der Waals surface area contributed by atoms with Crippen LogP contribution in [0.1, 0.15) is 31.2 Å². The average molecular weight is 412 g/mol. The van der Waals surface area contributed by atoms with Crippen LogP contribution in [-0.2, 0) is 20.4 Å². The smallest absolute Gasteiger partial charge is 0.214 e. The minimum atomic E-state index is -3.34. The van der Waals surface area contributed by atoms with Gasteiger partial charge in [0.15, 0.2) is 0 Å². The van der Waals surface area contributed by atoms with Crippen molar-refractivity contribution in [1.82, 2.24) is 14.9 Å². The van der Waals surface area contributed by atoms with Gasteiger partial charge in [-0.15, -0.1) is 0 Å². The fourth-order valence-electron chi connectivity index (χ4n) is 4.93. The molecule has 0 spiro atoms. The Labute approximate surface area is 162 Å². The van der Waals surface area contributed by atoms with Gasteiger partial charge in [-0.1, -0.05) is 11.6 Å². The molecule has 3 N–H and O–H groups in total. The van der Waals surface area contributed by atoms with Gasteiger partial charge in [0.25, 0.3) is 0 Å². The highest BCUT2D eigenvalue weighted by molar-refractivity contribution is 7.90. The van der Waals surface area contributed by atoms with E-state index in [1.807, 2.05) is 0 Å². The number of hydrogen-bond acceptors (Lipinski definition) is 5. The van der Waals surface area contributed by atoms with Crippen LogP contribution in [0.15, 0.2) is 18.3 Å². The third kappa shape index (κ3) is 2.98. The van der Waals surface area contributed by atoms with Gasteiger partial charge in [0.1, 0.15) is 0 Å². The fourth-order valence-corrected chi connectivity index (χ4v) is 6.89. The molecular formula is C18H22ClN3O4S. The van der Waals surface area contributed by atoms with Crippen molar-refractivity contribution in [3.05, 3.63) is 28.9 Å². The molecule has 146 valence electrons. The van der Waals surface area contributed by atoms with Crippen LogP contribution in [0.25, 0.3) is 10.9 Å². The monoisotopic (exact) mass is 411 g/mol. The fraction of sp³-hybridized carbons (Fsp3) is 0.611. The van der Waals surface area contributed by atoms with Crippen molar-refractivity contribution >= 4 is 32.5 Å². The van der Waals surface area contributed by atoms with E-state index in [9.17, 15) is 13.5 Å². The van der Waals surface area contributed by atoms with Gasteiger partial charge in [0.2, 0.25) is 10.0 Å². The van der Waals surface area contributed by atoms with Crippen LogP contribution in [0, 0.1) is 11.8 Å². The third-order valence-electron chi connectivity index (χ3n) is 6.41. The van der Waals surface area contributed by atoms with Gasteiger partial charge in [0.05, 0.1) is 22.6 Å². The normalized spacial score (nSPS) is 34.1. The molecule has 5 rings (SSSR count). The number of hydrogen-bond donors (Lipinski definition) is 3. The Morgan fingerprint density at radius 1 is 1.26 bits per heavy atom. The first-order valence-electron chi connectivity index (χ1n) is 9.32. The number of fused-ring (bicyclic) bond motifs is 2. The van der Waals surface area contributed by atoms with Gasteiger partial charge in [-0.3, -0.25) is 5.10 Å². The summed E-state index contributed by atoms with van der Waals surface area (Å²) >= 11 is 6.21. The topological polar surface area (TPSA) is 104 Å². The Balaban J connectivity index is 1.32. The zero-order chi connectivity index (χ0) is 18.8. The molecule has 0 unspecified atom stereocenters. The molecular weight excluding hydrogens is 390 g/mol. The maximum absolute atomic E-state index is 12.6. The molecule has 1 aromatic carbocycles. The highest BCUT2D eigenvalue weighted by Gasteiger charge is 2.63. The summed E-state index contributed by atoms with van der Waals surface area (Å²) in [6.45, 7) is 0.997. The molecule has 0 radical (unpaired) electrons. The summed E-state index contributed by atoms with van der Waals surface area (Å²) in [5.41, 5.74) is 0.573. The predicted octanol–water partition coefficient (Wildman–Crippen LogP) is 1.91. The number of rotatable bonds is 4. The zero-order valence-corrected chi connectivity index (χ0v) is 16.3. The largest absolute Gasteiger partial charge is 0.385 e. The molecule has 2 heterocycles. The number of sulfonamides is 1. The van der Waals surface area contributed by atoms with Gasteiger partial charge >= 0.3 is 0 Å². The second-order valence-electron chi connectivity index (χ2n) is 8.05. The Hall–Kier alpha value is -1.19. The Kier molecular flexibility index (Phi) is 4.07. The lowest BCUT2D eigenvalue weighted by molar-refractivity contribution is 0.0303. The van der Waals surface area contributed by atoms with Crippen LogP contribution in [0.3, 0.4) is 0 Å². The molecule has 2 aromatic rings. The van der Waals surface area contributed by atoms with Crippen LogP contribution in [0.4, 0.5) is 0 Å². The summed E-state index contributed by atoms with van der Waals surface area (Å²) in [7, 11) is -3.34. The van der Waals surface area contributed by atoms with E-state index in [4.69, 9.17) is 16.3 Å². The highest BCUT2D eigenvalue weighted by Crippen LogP contribution is 2.60. The number of halogens is 1. The molecule has 7 nitrogen and oxygen atoms in total. The number of benzene rings is 1. The minimum absolute atomic E-state index is 0.0721. The van der Waals surface area contributed by atoms with Crippen LogP contribution in [0.5, 0.6) is 0 Å². The summed E-state index contributed by atoms with van der Waals surface area (Å²) in [6.07, 6.45) is 3.84. The maximum atomic E-state index is 12.6. The van der Waals surface area contributed by atoms with Crippen molar-refractivity contribution in [2.45, 2.75) is 42.6 Å². The maximum Gasteiger partial charge on any atom is 0.214 e. The van der Waals surface area contributed by atoms with E-state index in [1.54, 1.807) is 18.3 Å². The lowest BCUT2D eigenvalue weighted by atomic mass is 9.86. The number of H-pyrrole nitrogens is 1. The predicted molar refractivity (Wildman–Crippen MR) is 101 cm³/mol. The molecule has 3 fully saturated rings. The van der Waals surface area contributed by atoms with E-state index in [1.165, 1.54) is 0 Å². The molecule has 1 saturated heterocycles. The van der Waals surface area contributed by atoms with Gasteiger partial charge in [-0.05, 0) is 55.2 Å². The molecule has 27 heavy (non-hydrogen) atoms. The number of nitrogens with zero attached hydrogens (tertiary/aromatic N) is 1. The third-order valence-corrected chi connectivity index (χ3v) is 8.58. The second kappa shape index (κ2) is 6.15. The Bertz CT molecular complexity index is 974. The molecule has 2 aliphatic carbocycles. The molecule has 1 aromatic heterocycles. The summed E-state index contributed by atoms with van der Waals surface area (Å²) in [4.78, 5) is 0. The first kappa shape index (κ1) is 17.9. The van der Waals surface area contributed by atoms with E-state index in [0.29, 0.717) is 43.9 Å². The van der Waals surface area contributed by atoms with Crippen LogP contribution < -0.4 is 4.72 Å². The Morgan fingerprint density at radius 3 is 2.67 bits per heavy atom. The van der Waals surface area contributed by atoms with Crippen LogP contribution in [-0.4, -0.2) is 48.2 Å². The van der Waals surface area contributed by atoms with E-state index < -0.39 is 15.6 Å². The number of aromatic amines is 1. The first-order chi connectivity index (χ1) is 12.9. The zero-order valence-electron chi connectivity index (χ0n) is 14.7. The highest BCUT2D eigenvalue weighted by atomic mass is 35.5. The van der Waals surface area contributed by atoms with E-state index in [0.717, 1.165) is 16.5 Å². The van der Waals surface area contributed by atoms with E-state index in [-0.39, 0.29) is 23.1 Å². The minimum Gasteiger partial charge on any atom is -0.385 e. The van der Waals surface area contributed by atoms with Crippen molar-refractivity contribution in [3.63, 3.8) is 0 Å². The average Bonchev–Trinajstić information content (AvgIpc) is 3.02. The lowest BCUT2D eigenvalue weighted by Crippen LogP contribution is -2.41. The van der Waals surface area contributed by atoms with Gasteiger partial charge in [0, 0.05) is 29.7 Å². The number of ether oxygens (including phenoxy) is 1. The van der Waals surface area contributed by atoms with Crippen LogP contribution in [0.2, 0.25) is 5.02 Å². The van der Waals surface area contributed by atoms with E-state index in [2.05, 4.69) is 14.9 Å². The van der Waals surface area contributed by atoms with Crippen molar-refractivity contribution in [3.8, 4) is 0 Å². The standard InChI is InChI=1S/C18H22ClN3O4S/c19-10-5-15(14-9-20-21-16(14)6-10)18(23)7-12-13(8-18)17(12)22-27(24,25)11-1-3-26-4-2-11/h5-6,9,11-13,17,22-23H,1-4,7-8H2,(H,20,21)/t12-,13+,17+,18+. The van der Waals surface area contributed by atoms with Crippen molar-refractivity contribution < 1.29 is 18.3 Å². The van der Waals surface area contributed by atoms with Crippen LogP contribution >= 0.6 is 11.6 Å². The summed E-state index contributed by atoms with van der Waals surface area (Å²) in [5.74, 6) is 0.316. The molecule has 9 heteroatoms. The lowest BCUT2D eigenvalue weighted by Gasteiger charge is -2.28. The number of nitrogens with one attached hydrogen (secondary N) is 2. The van der Waals surface area contributed by atoms with E-state index >= 15 is 0 Å². The molecule has 0 bridgehead atoms. The first-order valence-corrected chi connectivity index (χ1v) is 11.2. The number of aliphatic hydroxyl groups is 1.